The summed E-state index contributed by atoms with van der Waals surface area (Å²) in [4.78, 5) is 34.0. The minimum Gasteiger partial charge on any atom is -0.435 e. The predicted octanol–water partition coefficient (Wildman–Crippen LogP) is 5.10. The lowest BCUT2D eigenvalue weighted by Crippen LogP contribution is -2.48. The van der Waals surface area contributed by atoms with Crippen LogP contribution in [-0.2, 0) is 0 Å². The Kier molecular flexibility index (Phi) is 6.33. The van der Waals surface area contributed by atoms with Crippen LogP contribution in [0, 0.1) is 12.8 Å². The second-order valence-corrected chi connectivity index (χ2v) is 8.70. The highest BCUT2D eigenvalue weighted by Crippen LogP contribution is 2.27. The smallest absolute Gasteiger partial charge is 0.292 e. The Morgan fingerprint density at radius 3 is 2.38 bits per heavy atom. The number of hydrogen-bond acceptors (Lipinski definition) is 5. The van der Waals surface area contributed by atoms with Crippen molar-refractivity contribution < 1.29 is 14.0 Å². The number of halogens is 1. The van der Waals surface area contributed by atoms with E-state index in [1.165, 1.54) is 0 Å². The van der Waals surface area contributed by atoms with Gasteiger partial charge in [-0.1, -0.05) is 49.7 Å². The SMILES string of the molecule is Cc1nc(-c2ccc(Cl)cc2)c(C(=O)N2CCN(c3cccc(C(=O)C(C)C)c3)CC2)o1. The number of ketones is 1. The molecule has 0 saturated carbocycles. The van der Waals surface area contributed by atoms with Gasteiger partial charge in [-0.3, -0.25) is 9.59 Å². The minimum atomic E-state index is -0.168. The number of aromatic nitrogens is 1. The Morgan fingerprint density at radius 1 is 1.03 bits per heavy atom. The van der Waals surface area contributed by atoms with Gasteiger partial charge in [0.2, 0.25) is 5.76 Å². The molecule has 1 saturated heterocycles. The quantitative estimate of drug-likeness (QED) is 0.504. The third kappa shape index (κ3) is 4.55. The first-order valence-electron chi connectivity index (χ1n) is 10.8. The molecule has 1 aromatic heterocycles. The second-order valence-electron chi connectivity index (χ2n) is 8.27. The fraction of sp³-hybridized carbons (Fsp3) is 0.320. The molecular formula is C25H26ClN3O3. The van der Waals surface area contributed by atoms with Gasteiger partial charge in [0.05, 0.1) is 0 Å². The lowest BCUT2D eigenvalue weighted by Gasteiger charge is -2.36. The number of benzene rings is 2. The van der Waals surface area contributed by atoms with Gasteiger partial charge in [-0.15, -0.1) is 0 Å². The Hall–Kier alpha value is -3.12. The molecule has 1 aliphatic heterocycles. The van der Waals surface area contributed by atoms with Crippen molar-refractivity contribution in [1.82, 2.24) is 9.88 Å². The summed E-state index contributed by atoms with van der Waals surface area (Å²) in [6.45, 7) is 8.01. The zero-order chi connectivity index (χ0) is 22.8. The van der Waals surface area contributed by atoms with Crippen molar-refractivity contribution >= 4 is 29.0 Å². The number of oxazole rings is 1. The number of amides is 1. The standard InChI is InChI=1S/C25H26ClN3O3/c1-16(2)23(30)19-5-4-6-21(15-19)28-11-13-29(14-12-28)25(31)24-22(27-17(3)32-24)18-7-9-20(26)10-8-18/h4-10,15-16H,11-14H2,1-3H3. The van der Waals surface area contributed by atoms with Crippen molar-refractivity contribution in [2.24, 2.45) is 5.92 Å². The maximum absolute atomic E-state index is 13.2. The molecule has 3 aromatic rings. The number of carbonyl (C=O) groups is 2. The lowest BCUT2D eigenvalue weighted by molar-refractivity contribution is 0.0714. The van der Waals surface area contributed by atoms with E-state index in [2.05, 4.69) is 9.88 Å². The summed E-state index contributed by atoms with van der Waals surface area (Å²) >= 11 is 5.99. The highest BCUT2D eigenvalue weighted by Gasteiger charge is 2.28. The Morgan fingerprint density at radius 2 is 1.72 bits per heavy atom. The molecule has 1 amide bonds. The molecule has 4 rings (SSSR count). The molecular weight excluding hydrogens is 426 g/mol. The van der Waals surface area contributed by atoms with Gasteiger partial charge in [-0.2, -0.15) is 0 Å². The molecule has 0 unspecified atom stereocenters. The van der Waals surface area contributed by atoms with Crippen LogP contribution in [0.25, 0.3) is 11.3 Å². The number of piperazine rings is 1. The van der Waals surface area contributed by atoms with Crippen molar-refractivity contribution in [3.05, 3.63) is 70.8 Å². The molecule has 0 N–H and O–H groups in total. The first-order chi connectivity index (χ1) is 15.3. The van der Waals surface area contributed by atoms with Crippen LogP contribution >= 0.6 is 11.6 Å². The van der Waals surface area contributed by atoms with Gasteiger partial charge >= 0.3 is 0 Å². The predicted molar refractivity (Wildman–Crippen MR) is 125 cm³/mol. The van der Waals surface area contributed by atoms with Gasteiger partial charge in [-0.25, -0.2) is 4.98 Å². The second kappa shape index (κ2) is 9.17. The van der Waals surface area contributed by atoms with Crippen molar-refractivity contribution in [2.75, 3.05) is 31.1 Å². The van der Waals surface area contributed by atoms with Crippen LogP contribution in [0.5, 0.6) is 0 Å². The van der Waals surface area contributed by atoms with Crippen LogP contribution in [0.4, 0.5) is 5.69 Å². The van der Waals surface area contributed by atoms with E-state index in [9.17, 15) is 9.59 Å². The fourth-order valence-electron chi connectivity index (χ4n) is 3.88. The van der Waals surface area contributed by atoms with E-state index in [4.69, 9.17) is 16.0 Å². The van der Waals surface area contributed by atoms with Crippen molar-refractivity contribution in [1.29, 1.82) is 0 Å². The lowest BCUT2D eigenvalue weighted by atomic mass is 10.0. The summed E-state index contributed by atoms with van der Waals surface area (Å²) in [5.74, 6) is 0.626. The maximum atomic E-state index is 13.2. The maximum Gasteiger partial charge on any atom is 0.292 e. The molecule has 0 atom stereocenters. The van der Waals surface area contributed by atoms with Crippen molar-refractivity contribution in [2.45, 2.75) is 20.8 Å². The zero-order valence-corrected chi connectivity index (χ0v) is 19.2. The fourth-order valence-corrected chi connectivity index (χ4v) is 4.00. The number of nitrogens with zero attached hydrogens (tertiary/aromatic N) is 3. The van der Waals surface area contributed by atoms with Crippen LogP contribution in [0.2, 0.25) is 5.02 Å². The average molecular weight is 452 g/mol. The van der Waals surface area contributed by atoms with Gasteiger partial charge in [0.15, 0.2) is 11.7 Å². The Labute approximate surface area is 192 Å². The van der Waals surface area contributed by atoms with E-state index < -0.39 is 0 Å². The zero-order valence-electron chi connectivity index (χ0n) is 18.5. The minimum absolute atomic E-state index is 0.0417. The topological polar surface area (TPSA) is 66.7 Å². The third-order valence-corrected chi connectivity index (χ3v) is 5.89. The van der Waals surface area contributed by atoms with Crippen molar-refractivity contribution in [3.63, 3.8) is 0 Å². The molecule has 7 heteroatoms. The van der Waals surface area contributed by atoms with Gasteiger partial charge in [0.1, 0.15) is 5.69 Å². The first kappa shape index (κ1) is 22.1. The molecule has 0 spiro atoms. The molecule has 1 fully saturated rings. The number of Topliss-reactive ketones (excluding diaryl/α,β-unsaturated/α-hetero) is 1. The van der Waals surface area contributed by atoms with Gasteiger partial charge in [-0.05, 0) is 24.3 Å². The number of carbonyl (C=O) groups excluding carboxylic acids is 2. The van der Waals surface area contributed by atoms with Gasteiger partial charge in [0.25, 0.3) is 5.91 Å². The number of anilines is 1. The van der Waals surface area contributed by atoms with Crippen LogP contribution in [0.3, 0.4) is 0 Å². The van der Waals surface area contributed by atoms with Crippen LogP contribution < -0.4 is 4.90 Å². The van der Waals surface area contributed by atoms with Crippen LogP contribution in [-0.4, -0.2) is 47.8 Å². The van der Waals surface area contributed by atoms with Crippen LogP contribution in [0.15, 0.2) is 52.9 Å². The molecule has 0 radical (unpaired) electrons. The highest BCUT2D eigenvalue weighted by molar-refractivity contribution is 6.30. The Balaban J connectivity index is 1.48. The number of hydrogen-bond donors (Lipinski definition) is 0. The number of aryl methyl sites for hydroxylation is 1. The summed E-state index contributed by atoms with van der Waals surface area (Å²) in [5, 5.41) is 0.622. The molecule has 32 heavy (non-hydrogen) atoms. The van der Waals surface area contributed by atoms with Gasteiger partial charge in [0, 0.05) is 60.9 Å². The van der Waals surface area contributed by atoms with Crippen LogP contribution in [0.1, 0.15) is 40.7 Å². The largest absolute Gasteiger partial charge is 0.435 e. The highest BCUT2D eigenvalue weighted by atomic mass is 35.5. The third-order valence-electron chi connectivity index (χ3n) is 5.63. The summed E-state index contributed by atoms with van der Waals surface area (Å²) in [6.07, 6.45) is 0. The van der Waals surface area contributed by atoms with E-state index in [0.29, 0.717) is 42.8 Å². The molecule has 1 aliphatic rings. The molecule has 0 bridgehead atoms. The molecule has 166 valence electrons. The first-order valence-corrected chi connectivity index (χ1v) is 11.1. The van der Waals surface area contributed by atoms with Gasteiger partial charge < -0.3 is 14.2 Å². The molecule has 2 heterocycles. The van der Waals surface area contributed by atoms with E-state index >= 15 is 0 Å². The molecule has 2 aromatic carbocycles. The van der Waals surface area contributed by atoms with E-state index in [1.54, 1.807) is 24.0 Å². The average Bonchev–Trinajstić information content (AvgIpc) is 3.20. The molecule has 0 aliphatic carbocycles. The van der Waals surface area contributed by atoms with E-state index in [0.717, 1.165) is 16.8 Å². The Bertz CT molecular complexity index is 1130. The summed E-state index contributed by atoms with van der Waals surface area (Å²) in [7, 11) is 0. The number of rotatable bonds is 5. The van der Waals surface area contributed by atoms with E-state index in [1.807, 2.05) is 50.2 Å². The summed E-state index contributed by atoms with van der Waals surface area (Å²) in [6, 6.07) is 14.9. The normalized spacial score (nSPS) is 14.2. The summed E-state index contributed by atoms with van der Waals surface area (Å²) < 4.78 is 5.70. The van der Waals surface area contributed by atoms with E-state index in [-0.39, 0.29) is 23.4 Å². The molecule has 6 nitrogen and oxygen atoms in total. The van der Waals surface area contributed by atoms with Crippen molar-refractivity contribution in [3.8, 4) is 11.3 Å². The summed E-state index contributed by atoms with van der Waals surface area (Å²) in [5.41, 5.74) is 3.05. The monoisotopic (exact) mass is 451 g/mol.